The zero-order chi connectivity index (χ0) is 27.8. The summed E-state index contributed by atoms with van der Waals surface area (Å²) >= 11 is 0. The molecule has 0 saturated carbocycles. The Kier molecular flexibility index (Phi) is 9.50. The smallest absolute Gasteiger partial charge is 0.416 e. The van der Waals surface area contributed by atoms with Gasteiger partial charge in [-0.2, -0.15) is 13.2 Å². The molecular formula is C29H31F3O6. The number of benzene rings is 3. The van der Waals surface area contributed by atoms with Crippen LogP contribution in [-0.4, -0.2) is 29.4 Å². The third-order valence-corrected chi connectivity index (χ3v) is 5.57. The summed E-state index contributed by atoms with van der Waals surface area (Å²) in [4.78, 5) is 11.2. The van der Waals surface area contributed by atoms with Crippen LogP contribution in [0.1, 0.15) is 45.6 Å². The maximum atomic E-state index is 12.7. The van der Waals surface area contributed by atoms with Gasteiger partial charge in [0.15, 0.2) is 5.60 Å². The van der Waals surface area contributed by atoms with Gasteiger partial charge in [0.1, 0.15) is 34.9 Å². The van der Waals surface area contributed by atoms with Crippen molar-refractivity contribution in [3.63, 3.8) is 0 Å². The summed E-state index contributed by atoms with van der Waals surface area (Å²) in [6.45, 7) is 5.44. The van der Waals surface area contributed by atoms with E-state index in [1.165, 1.54) is 26.0 Å². The van der Waals surface area contributed by atoms with Crippen LogP contribution in [0.25, 0.3) is 0 Å². The second-order valence-electron chi connectivity index (χ2n) is 9.15. The highest BCUT2D eigenvalue weighted by Gasteiger charge is 2.30. The number of alkyl halides is 3. The molecule has 0 aliphatic rings. The molecule has 0 aromatic heterocycles. The Labute approximate surface area is 219 Å². The van der Waals surface area contributed by atoms with Crippen molar-refractivity contribution in [3.8, 4) is 28.7 Å². The summed E-state index contributed by atoms with van der Waals surface area (Å²) in [6.07, 6.45) is -2.09. The first-order valence-corrected chi connectivity index (χ1v) is 12.2. The molecular weight excluding hydrogens is 501 g/mol. The van der Waals surface area contributed by atoms with Crippen LogP contribution in [0.5, 0.6) is 28.7 Å². The van der Waals surface area contributed by atoms with Crippen molar-refractivity contribution < 1.29 is 42.0 Å². The molecule has 0 saturated heterocycles. The lowest BCUT2D eigenvalue weighted by atomic mass is 10.1. The molecule has 9 heteroatoms. The number of carboxylic acids is 1. The Morgan fingerprint density at radius 2 is 1.29 bits per heavy atom. The zero-order valence-electron chi connectivity index (χ0n) is 21.5. The molecule has 6 nitrogen and oxygen atoms in total. The van der Waals surface area contributed by atoms with Crippen molar-refractivity contribution in [3.05, 3.63) is 78.4 Å². The average Bonchev–Trinajstić information content (AvgIpc) is 2.86. The lowest BCUT2D eigenvalue weighted by Gasteiger charge is -2.21. The van der Waals surface area contributed by atoms with Crippen molar-refractivity contribution >= 4 is 5.97 Å². The lowest BCUT2D eigenvalue weighted by Crippen LogP contribution is -2.37. The Hall–Kier alpha value is -3.88. The normalized spacial score (nSPS) is 12.5. The molecule has 3 aromatic rings. The number of carboxylic acid groups (broad SMARTS) is 1. The number of hydrogen-bond donors (Lipinski definition) is 1. The summed E-state index contributed by atoms with van der Waals surface area (Å²) in [5.41, 5.74) is -2.06. The molecule has 0 radical (unpaired) electrons. The van der Waals surface area contributed by atoms with E-state index in [9.17, 15) is 23.1 Å². The molecule has 0 aliphatic heterocycles. The van der Waals surface area contributed by atoms with E-state index in [0.29, 0.717) is 41.8 Å². The molecule has 0 bridgehead atoms. The number of carbonyl (C=O) groups is 1. The molecule has 204 valence electrons. The largest absolute Gasteiger partial charge is 0.493 e. The van der Waals surface area contributed by atoms with Crippen molar-refractivity contribution in [1.29, 1.82) is 0 Å². The van der Waals surface area contributed by atoms with Crippen LogP contribution in [0.3, 0.4) is 0 Å². The van der Waals surface area contributed by atoms with Crippen LogP contribution in [0.15, 0.2) is 72.8 Å². The van der Waals surface area contributed by atoms with E-state index in [4.69, 9.17) is 18.9 Å². The van der Waals surface area contributed by atoms with Crippen LogP contribution >= 0.6 is 0 Å². The second kappa shape index (κ2) is 12.6. The van der Waals surface area contributed by atoms with E-state index in [-0.39, 0.29) is 6.10 Å². The molecule has 1 N–H and O–H groups in total. The van der Waals surface area contributed by atoms with Gasteiger partial charge in [0.25, 0.3) is 0 Å². The van der Waals surface area contributed by atoms with E-state index in [2.05, 4.69) is 6.92 Å². The van der Waals surface area contributed by atoms with Gasteiger partial charge in [-0.1, -0.05) is 13.3 Å². The van der Waals surface area contributed by atoms with Gasteiger partial charge >= 0.3 is 12.1 Å². The van der Waals surface area contributed by atoms with Crippen LogP contribution in [0, 0.1) is 0 Å². The Bertz CT molecular complexity index is 1160. The molecule has 0 amide bonds. The van der Waals surface area contributed by atoms with Gasteiger partial charge in [-0.25, -0.2) is 4.79 Å². The standard InChI is InChI=1S/C29H31F3O6/c1-4-5-22(18-19-35-21-10-16-26(17-11-21)38-28(2,3)27(33)34)36-24-12-14-25(15-13-24)37-23-8-6-20(7-9-23)29(30,31)32/h6-17,22H,4-5,18-19H2,1-3H3,(H,33,34)/t22-/m1/s1. The van der Waals surface area contributed by atoms with Crippen LogP contribution in [0.4, 0.5) is 13.2 Å². The predicted molar refractivity (Wildman–Crippen MR) is 136 cm³/mol. The van der Waals surface area contributed by atoms with Gasteiger partial charge in [0.2, 0.25) is 0 Å². The first-order chi connectivity index (χ1) is 18.0. The maximum Gasteiger partial charge on any atom is 0.416 e. The molecule has 0 aliphatic carbocycles. The Morgan fingerprint density at radius 3 is 1.82 bits per heavy atom. The van der Waals surface area contributed by atoms with Crippen molar-refractivity contribution in [2.24, 2.45) is 0 Å². The van der Waals surface area contributed by atoms with Crippen LogP contribution < -0.4 is 18.9 Å². The molecule has 0 heterocycles. The molecule has 3 aromatic carbocycles. The number of rotatable bonds is 13. The minimum absolute atomic E-state index is 0.0827. The Morgan fingerprint density at radius 1 is 0.789 bits per heavy atom. The second-order valence-corrected chi connectivity index (χ2v) is 9.15. The lowest BCUT2D eigenvalue weighted by molar-refractivity contribution is -0.152. The zero-order valence-corrected chi connectivity index (χ0v) is 21.5. The summed E-state index contributed by atoms with van der Waals surface area (Å²) in [5.74, 6) is 1.43. The van der Waals surface area contributed by atoms with Crippen molar-refractivity contribution in [1.82, 2.24) is 0 Å². The highest BCUT2D eigenvalue weighted by Crippen LogP contribution is 2.32. The maximum absolute atomic E-state index is 12.7. The van der Waals surface area contributed by atoms with E-state index in [1.807, 2.05) is 0 Å². The number of aliphatic carboxylic acids is 1. The summed E-state index contributed by atoms with van der Waals surface area (Å²) in [5, 5.41) is 9.18. The van der Waals surface area contributed by atoms with Crippen molar-refractivity contribution in [2.45, 2.75) is 57.9 Å². The average molecular weight is 533 g/mol. The summed E-state index contributed by atoms with van der Waals surface area (Å²) < 4.78 is 61.2. The highest BCUT2D eigenvalue weighted by molar-refractivity contribution is 5.76. The van der Waals surface area contributed by atoms with Crippen LogP contribution in [0.2, 0.25) is 0 Å². The molecule has 0 fully saturated rings. The third-order valence-electron chi connectivity index (χ3n) is 5.57. The van der Waals surface area contributed by atoms with Gasteiger partial charge in [-0.3, -0.25) is 0 Å². The Balaban J connectivity index is 1.49. The fourth-order valence-electron chi connectivity index (χ4n) is 3.46. The minimum atomic E-state index is -4.39. The summed E-state index contributed by atoms with van der Waals surface area (Å²) in [6, 6.07) is 18.2. The monoisotopic (exact) mass is 532 g/mol. The van der Waals surface area contributed by atoms with Crippen LogP contribution in [-0.2, 0) is 11.0 Å². The molecule has 0 spiro atoms. The first kappa shape index (κ1) is 28.7. The molecule has 1 atom stereocenters. The highest BCUT2D eigenvalue weighted by atomic mass is 19.4. The fourth-order valence-corrected chi connectivity index (χ4v) is 3.46. The van der Waals surface area contributed by atoms with E-state index in [0.717, 1.165) is 25.0 Å². The predicted octanol–water partition coefficient (Wildman–Crippen LogP) is 7.76. The number of halogens is 3. The molecule has 38 heavy (non-hydrogen) atoms. The van der Waals surface area contributed by atoms with Crippen molar-refractivity contribution in [2.75, 3.05) is 6.61 Å². The minimum Gasteiger partial charge on any atom is -0.493 e. The third kappa shape index (κ3) is 8.61. The van der Waals surface area contributed by atoms with Gasteiger partial charge in [-0.15, -0.1) is 0 Å². The fraction of sp³-hybridized carbons (Fsp3) is 0.345. The van der Waals surface area contributed by atoms with Gasteiger partial charge in [0.05, 0.1) is 12.2 Å². The molecule has 3 rings (SSSR count). The van der Waals surface area contributed by atoms with E-state index in [1.54, 1.807) is 48.5 Å². The number of hydrogen-bond acceptors (Lipinski definition) is 5. The number of ether oxygens (including phenoxy) is 4. The quantitative estimate of drug-likeness (QED) is 0.243. The van der Waals surface area contributed by atoms with E-state index >= 15 is 0 Å². The molecule has 0 unspecified atom stereocenters. The summed E-state index contributed by atoms with van der Waals surface area (Å²) in [7, 11) is 0. The SMILES string of the molecule is CCC[C@H](CCOc1ccc(OC(C)(C)C(=O)O)cc1)Oc1ccc(Oc2ccc(C(F)(F)F)cc2)cc1. The van der Waals surface area contributed by atoms with Gasteiger partial charge < -0.3 is 24.1 Å². The van der Waals surface area contributed by atoms with Gasteiger partial charge in [0, 0.05) is 6.42 Å². The van der Waals surface area contributed by atoms with E-state index < -0.39 is 23.3 Å². The first-order valence-electron chi connectivity index (χ1n) is 12.2. The van der Waals surface area contributed by atoms with Gasteiger partial charge in [-0.05, 0) is 93.1 Å². The topological polar surface area (TPSA) is 74.2 Å².